The number of hydrogen-bond donors (Lipinski definition) is 1. The predicted molar refractivity (Wildman–Crippen MR) is 65.2 cm³/mol. The number of nitrogens with zero attached hydrogens (tertiary/aromatic N) is 1. The Balaban J connectivity index is 0.00000128. The maximum Gasteiger partial charge on any atom is 0.265 e. The molecule has 0 atom stereocenters. The van der Waals surface area contributed by atoms with Gasteiger partial charge in [-0.3, -0.25) is 4.79 Å². The molecular formula is C11H15ClN2O2. The predicted octanol–water partition coefficient (Wildman–Crippen LogP) is 1.18. The molecule has 0 bridgehead atoms. The molecule has 0 saturated heterocycles. The van der Waals surface area contributed by atoms with Crippen molar-refractivity contribution in [2.24, 2.45) is 5.73 Å². The molecule has 0 aliphatic carbocycles. The molecule has 0 aromatic heterocycles. The van der Waals surface area contributed by atoms with Crippen LogP contribution in [0.15, 0.2) is 24.3 Å². The number of para-hydroxylation sites is 2. The molecule has 88 valence electrons. The van der Waals surface area contributed by atoms with Crippen LogP contribution in [-0.2, 0) is 4.79 Å². The van der Waals surface area contributed by atoms with Crippen LogP contribution in [0.3, 0.4) is 0 Å². The van der Waals surface area contributed by atoms with Gasteiger partial charge in [0.15, 0.2) is 6.61 Å². The Morgan fingerprint density at radius 1 is 1.38 bits per heavy atom. The quantitative estimate of drug-likeness (QED) is 0.866. The smallest absolute Gasteiger partial charge is 0.265 e. The lowest BCUT2D eigenvalue weighted by Gasteiger charge is -2.29. The van der Waals surface area contributed by atoms with Crippen LogP contribution in [0.5, 0.6) is 5.75 Å². The first kappa shape index (κ1) is 12.8. The summed E-state index contributed by atoms with van der Waals surface area (Å²) < 4.78 is 5.32. The van der Waals surface area contributed by atoms with Gasteiger partial charge in [0.05, 0.1) is 5.69 Å². The van der Waals surface area contributed by atoms with Crippen molar-refractivity contribution in [3.8, 4) is 5.75 Å². The van der Waals surface area contributed by atoms with E-state index in [1.54, 1.807) is 4.90 Å². The Labute approximate surface area is 101 Å². The Hall–Kier alpha value is -1.26. The Kier molecular flexibility index (Phi) is 4.58. The monoisotopic (exact) mass is 242 g/mol. The lowest BCUT2D eigenvalue weighted by molar-refractivity contribution is -0.121. The van der Waals surface area contributed by atoms with Crippen molar-refractivity contribution >= 4 is 24.0 Å². The summed E-state index contributed by atoms with van der Waals surface area (Å²) in [6.07, 6.45) is 0.806. The molecule has 1 aromatic carbocycles. The molecule has 0 saturated carbocycles. The van der Waals surface area contributed by atoms with E-state index in [2.05, 4.69) is 0 Å². The first-order valence-electron chi connectivity index (χ1n) is 5.05. The minimum Gasteiger partial charge on any atom is -0.482 e. The first-order chi connectivity index (χ1) is 7.33. The number of carbonyl (C=O) groups excluding carboxylic acids is 1. The third kappa shape index (κ3) is 2.46. The van der Waals surface area contributed by atoms with Gasteiger partial charge in [0.25, 0.3) is 5.91 Å². The number of ether oxygens (including phenoxy) is 1. The van der Waals surface area contributed by atoms with Crippen molar-refractivity contribution in [2.45, 2.75) is 6.42 Å². The number of nitrogens with two attached hydrogens (primary N) is 1. The van der Waals surface area contributed by atoms with E-state index in [1.807, 2.05) is 24.3 Å². The number of anilines is 1. The van der Waals surface area contributed by atoms with Gasteiger partial charge in [-0.05, 0) is 25.1 Å². The third-order valence-electron chi connectivity index (χ3n) is 2.39. The molecule has 1 aromatic rings. The zero-order valence-corrected chi connectivity index (χ0v) is 9.70. The molecule has 1 amide bonds. The molecule has 0 radical (unpaired) electrons. The van der Waals surface area contributed by atoms with Gasteiger partial charge < -0.3 is 15.4 Å². The van der Waals surface area contributed by atoms with Gasteiger partial charge in [0.1, 0.15) is 5.75 Å². The second kappa shape index (κ2) is 5.72. The second-order valence-corrected chi connectivity index (χ2v) is 3.44. The highest BCUT2D eigenvalue weighted by Gasteiger charge is 2.23. The zero-order valence-electron chi connectivity index (χ0n) is 8.89. The van der Waals surface area contributed by atoms with Crippen LogP contribution in [0.2, 0.25) is 0 Å². The molecule has 5 heteroatoms. The lowest BCUT2D eigenvalue weighted by Crippen LogP contribution is -2.39. The van der Waals surface area contributed by atoms with Crippen LogP contribution in [0, 0.1) is 0 Å². The number of benzene rings is 1. The van der Waals surface area contributed by atoms with Crippen molar-refractivity contribution < 1.29 is 9.53 Å². The fourth-order valence-electron chi connectivity index (χ4n) is 1.65. The molecule has 1 aliphatic heterocycles. The summed E-state index contributed by atoms with van der Waals surface area (Å²) >= 11 is 0. The number of halogens is 1. The molecule has 4 nitrogen and oxygen atoms in total. The number of fused-ring (bicyclic) bond motifs is 1. The van der Waals surface area contributed by atoms with Crippen LogP contribution < -0.4 is 15.4 Å². The summed E-state index contributed by atoms with van der Waals surface area (Å²) in [5.41, 5.74) is 6.29. The second-order valence-electron chi connectivity index (χ2n) is 3.44. The molecule has 16 heavy (non-hydrogen) atoms. The first-order valence-corrected chi connectivity index (χ1v) is 5.05. The van der Waals surface area contributed by atoms with E-state index in [4.69, 9.17) is 10.5 Å². The van der Waals surface area contributed by atoms with Crippen LogP contribution in [0.4, 0.5) is 5.69 Å². The summed E-state index contributed by atoms with van der Waals surface area (Å²) in [5, 5.41) is 0. The van der Waals surface area contributed by atoms with Crippen molar-refractivity contribution in [3.63, 3.8) is 0 Å². The van der Waals surface area contributed by atoms with E-state index in [9.17, 15) is 4.79 Å². The summed E-state index contributed by atoms with van der Waals surface area (Å²) in [6.45, 7) is 1.38. The van der Waals surface area contributed by atoms with Crippen molar-refractivity contribution in [1.82, 2.24) is 0 Å². The topological polar surface area (TPSA) is 55.6 Å². The fourth-order valence-corrected chi connectivity index (χ4v) is 1.65. The van der Waals surface area contributed by atoms with Gasteiger partial charge in [-0.15, -0.1) is 12.4 Å². The number of hydrogen-bond acceptors (Lipinski definition) is 3. The SMILES string of the molecule is Cl.NCCCN1C(=O)COc2ccccc21. The number of amides is 1. The van der Waals surface area contributed by atoms with Gasteiger partial charge in [0.2, 0.25) is 0 Å². The van der Waals surface area contributed by atoms with E-state index in [-0.39, 0.29) is 24.9 Å². The zero-order chi connectivity index (χ0) is 10.7. The average molecular weight is 243 g/mol. The summed E-state index contributed by atoms with van der Waals surface area (Å²) in [5.74, 6) is 0.774. The maximum atomic E-state index is 11.6. The van der Waals surface area contributed by atoms with Gasteiger partial charge in [0, 0.05) is 6.54 Å². The van der Waals surface area contributed by atoms with Crippen LogP contribution >= 0.6 is 12.4 Å². The van der Waals surface area contributed by atoms with E-state index >= 15 is 0 Å². The largest absolute Gasteiger partial charge is 0.482 e. The maximum absolute atomic E-state index is 11.6. The minimum absolute atomic E-state index is 0. The fraction of sp³-hybridized carbons (Fsp3) is 0.364. The van der Waals surface area contributed by atoms with E-state index in [0.29, 0.717) is 13.1 Å². The molecular weight excluding hydrogens is 228 g/mol. The Morgan fingerprint density at radius 2 is 2.12 bits per heavy atom. The highest BCUT2D eigenvalue weighted by molar-refractivity contribution is 5.97. The number of rotatable bonds is 3. The van der Waals surface area contributed by atoms with Gasteiger partial charge in [-0.1, -0.05) is 12.1 Å². The summed E-state index contributed by atoms with van der Waals surface area (Å²) in [6, 6.07) is 7.56. The normalized spacial score (nSPS) is 13.8. The summed E-state index contributed by atoms with van der Waals surface area (Å²) in [7, 11) is 0. The molecule has 0 spiro atoms. The molecule has 2 rings (SSSR count). The molecule has 0 fully saturated rings. The van der Waals surface area contributed by atoms with Crippen molar-refractivity contribution in [2.75, 3.05) is 24.6 Å². The van der Waals surface area contributed by atoms with Gasteiger partial charge in [-0.2, -0.15) is 0 Å². The Bertz CT molecular complexity index is 371. The molecule has 1 heterocycles. The van der Waals surface area contributed by atoms with Crippen molar-refractivity contribution in [1.29, 1.82) is 0 Å². The molecule has 0 unspecified atom stereocenters. The number of carbonyl (C=O) groups is 1. The summed E-state index contributed by atoms with van der Waals surface area (Å²) in [4.78, 5) is 13.4. The Morgan fingerprint density at radius 3 is 2.88 bits per heavy atom. The van der Waals surface area contributed by atoms with Gasteiger partial charge in [-0.25, -0.2) is 0 Å². The van der Waals surface area contributed by atoms with E-state index in [1.165, 1.54) is 0 Å². The highest BCUT2D eigenvalue weighted by atomic mass is 35.5. The van der Waals surface area contributed by atoms with E-state index in [0.717, 1.165) is 17.9 Å². The van der Waals surface area contributed by atoms with Gasteiger partial charge >= 0.3 is 0 Å². The average Bonchev–Trinajstić information content (AvgIpc) is 2.28. The van der Waals surface area contributed by atoms with Crippen molar-refractivity contribution in [3.05, 3.63) is 24.3 Å². The van der Waals surface area contributed by atoms with Crippen LogP contribution in [-0.4, -0.2) is 25.6 Å². The van der Waals surface area contributed by atoms with Crippen LogP contribution in [0.1, 0.15) is 6.42 Å². The molecule has 2 N–H and O–H groups in total. The molecule has 1 aliphatic rings. The third-order valence-corrected chi connectivity index (χ3v) is 2.39. The van der Waals surface area contributed by atoms with Crippen LogP contribution in [0.25, 0.3) is 0 Å². The lowest BCUT2D eigenvalue weighted by atomic mass is 10.2. The van der Waals surface area contributed by atoms with E-state index < -0.39 is 0 Å². The minimum atomic E-state index is 0. The highest BCUT2D eigenvalue weighted by Crippen LogP contribution is 2.31. The standard InChI is InChI=1S/C11H14N2O2.ClH/c12-6-3-7-13-9-4-1-2-5-10(9)15-8-11(13)14;/h1-2,4-5H,3,6-8,12H2;1H.